The Balaban J connectivity index is 1.76. The van der Waals surface area contributed by atoms with Crippen LogP contribution in [0.5, 0.6) is 0 Å². The van der Waals surface area contributed by atoms with Gasteiger partial charge in [0.15, 0.2) is 0 Å². The van der Waals surface area contributed by atoms with Crippen LogP contribution in [0, 0.1) is 0 Å². The van der Waals surface area contributed by atoms with E-state index < -0.39 is 6.09 Å². The topological polar surface area (TPSA) is 106 Å². The lowest BCUT2D eigenvalue weighted by Crippen LogP contribution is -2.27. The second-order valence-corrected chi connectivity index (χ2v) is 6.33. The van der Waals surface area contributed by atoms with Gasteiger partial charge < -0.3 is 20.1 Å². The molecule has 0 aliphatic carbocycles. The molecule has 3 amide bonds. The smallest absolute Gasteiger partial charge is 0.411 e. The van der Waals surface area contributed by atoms with Crippen LogP contribution >= 0.6 is 11.6 Å². The Morgan fingerprint density at radius 1 is 0.966 bits per heavy atom. The lowest BCUT2D eigenvalue weighted by molar-refractivity contribution is -0.116. The number of anilines is 2. The van der Waals surface area contributed by atoms with Crippen molar-refractivity contribution in [1.82, 2.24) is 5.32 Å². The molecule has 0 radical (unpaired) electrons. The van der Waals surface area contributed by atoms with Gasteiger partial charge in [-0.05, 0) is 42.5 Å². The van der Waals surface area contributed by atoms with Gasteiger partial charge in [0.2, 0.25) is 5.91 Å². The maximum atomic E-state index is 12.1. The summed E-state index contributed by atoms with van der Waals surface area (Å²) in [5, 5.41) is 8.48. The van der Waals surface area contributed by atoms with Gasteiger partial charge in [-0.15, -0.1) is 0 Å². The van der Waals surface area contributed by atoms with Crippen LogP contribution in [0.1, 0.15) is 16.8 Å². The molecule has 0 spiro atoms. The zero-order valence-corrected chi connectivity index (χ0v) is 16.6. The number of amides is 3. The van der Waals surface area contributed by atoms with Crippen molar-refractivity contribution in [2.75, 3.05) is 37.5 Å². The van der Waals surface area contributed by atoms with Crippen LogP contribution < -0.4 is 16.0 Å². The van der Waals surface area contributed by atoms with Crippen LogP contribution in [-0.4, -0.2) is 44.8 Å². The van der Waals surface area contributed by atoms with Gasteiger partial charge in [0.05, 0.1) is 6.61 Å². The predicted octanol–water partition coefficient (Wildman–Crippen LogP) is 3.29. The largest absolute Gasteiger partial charge is 0.447 e. The second kappa shape index (κ2) is 11.7. The van der Waals surface area contributed by atoms with E-state index in [1.165, 1.54) is 7.11 Å². The minimum absolute atomic E-state index is 0.0933. The Hall–Kier alpha value is -3.10. The Morgan fingerprint density at radius 3 is 2.34 bits per heavy atom. The summed E-state index contributed by atoms with van der Waals surface area (Å²) < 4.78 is 9.71. The van der Waals surface area contributed by atoms with E-state index in [0.29, 0.717) is 28.6 Å². The summed E-state index contributed by atoms with van der Waals surface area (Å²) in [6.07, 6.45) is -0.522. The molecule has 0 aliphatic rings. The van der Waals surface area contributed by atoms with Crippen molar-refractivity contribution in [1.29, 1.82) is 0 Å². The SMILES string of the molecule is COCCOC(=O)Nc1cccc(NC(=O)CCNC(=O)c2ccc(Cl)cc2)c1. The molecule has 8 nitrogen and oxygen atoms in total. The summed E-state index contributed by atoms with van der Waals surface area (Å²) >= 11 is 5.79. The van der Waals surface area contributed by atoms with Crippen LogP contribution in [0.2, 0.25) is 5.02 Å². The van der Waals surface area contributed by atoms with Gasteiger partial charge in [-0.1, -0.05) is 17.7 Å². The van der Waals surface area contributed by atoms with Crippen LogP contribution in [-0.2, 0) is 14.3 Å². The zero-order valence-electron chi connectivity index (χ0n) is 15.9. The van der Waals surface area contributed by atoms with E-state index >= 15 is 0 Å². The zero-order chi connectivity index (χ0) is 21.1. The molecule has 3 N–H and O–H groups in total. The number of carbonyl (C=O) groups excluding carboxylic acids is 3. The van der Waals surface area contributed by atoms with Crippen LogP contribution in [0.15, 0.2) is 48.5 Å². The number of carbonyl (C=O) groups is 3. The fourth-order valence-electron chi connectivity index (χ4n) is 2.26. The van der Waals surface area contributed by atoms with Gasteiger partial charge in [-0.25, -0.2) is 4.79 Å². The van der Waals surface area contributed by atoms with Crippen LogP contribution in [0.25, 0.3) is 0 Å². The molecule has 0 saturated carbocycles. The summed E-state index contributed by atoms with van der Waals surface area (Å²) in [6, 6.07) is 13.1. The molecule has 0 bridgehead atoms. The van der Waals surface area contributed by atoms with Crippen molar-refractivity contribution < 1.29 is 23.9 Å². The highest BCUT2D eigenvalue weighted by Gasteiger charge is 2.08. The molecule has 2 rings (SSSR count). The summed E-state index contributed by atoms with van der Waals surface area (Å²) in [6.45, 7) is 0.621. The summed E-state index contributed by atoms with van der Waals surface area (Å²) in [4.78, 5) is 35.7. The molecule has 0 saturated heterocycles. The van der Waals surface area contributed by atoms with Crippen molar-refractivity contribution in [2.45, 2.75) is 6.42 Å². The van der Waals surface area contributed by atoms with Gasteiger partial charge in [0.25, 0.3) is 5.91 Å². The summed E-state index contributed by atoms with van der Waals surface area (Å²) in [5.74, 6) is -0.561. The third-order valence-electron chi connectivity index (χ3n) is 3.66. The van der Waals surface area contributed by atoms with Crippen molar-refractivity contribution in [3.05, 3.63) is 59.1 Å². The van der Waals surface area contributed by atoms with Gasteiger partial charge in [-0.3, -0.25) is 14.9 Å². The Morgan fingerprint density at radius 2 is 1.66 bits per heavy atom. The van der Waals surface area contributed by atoms with E-state index in [-0.39, 0.29) is 31.4 Å². The number of hydrogen-bond donors (Lipinski definition) is 3. The Bertz CT molecular complexity index is 842. The van der Waals surface area contributed by atoms with E-state index in [0.717, 1.165) is 0 Å². The first kappa shape index (κ1) is 22.2. The summed E-state index contributed by atoms with van der Waals surface area (Å²) in [5.41, 5.74) is 1.45. The molecule has 0 unspecified atom stereocenters. The Labute approximate surface area is 173 Å². The number of halogens is 1. The minimum Gasteiger partial charge on any atom is -0.447 e. The molecular formula is C20H22ClN3O5. The van der Waals surface area contributed by atoms with Gasteiger partial charge in [0.1, 0.15) is 6.61 Å². The molecule has 0 heterocycles. The quantitative estimate of drug-likeness (QED) is 0.541. The van der Waals surface area contributed by atoms with Crippen molar-refractivity contribution in [3.63, 3.8) is 0 Å². The lowest BCUT2D eigenvalue weighted by atomic mass is 10.2. The fraction of sp³-hybridized carbons (Fsp3) is 0.250. The van der Waals surface area contributed by atoms with Gasteiger partial charge >= 0.3 is 6.09 Å². The Kier molecular flexibility index (Phi) is 8.94. The van der Waals surface area contributed by atoms with E-state index in [9.17, 15) is 14.4 Å². The van der Waals surface area contributed by atoms with Gasteiger partial charge in [-0.2, -0.15) is 0 Å². The van der Waals surface area contributed by atoms with E-state index in [1.54, 1.807) is 48.5 Å². The van der Waals surface area contributed by atoms with Crippen molar-refractivity contribution >= 4 is 40.9 Å². The second-order valence-electron chi connectivity index (χ2n) is 5.90. The molecule has 0 atom stereocenters. The number of benzene rings is 2. The van der Waals surface area contributed by atoms with Crippen LogP contribution in [0.3, 0.4) is 0 Å². The molecular weight excluding hydrogens is 398 g/mol. The van der Waals surface area contributed by atoms with E-state index in [2.05, 4.69) is 16.0 Å². The first-order chi connectivity index (χ1) is 14.0. The molecule has 2 aromatic rings. The monoisotopic (exact) mass is 419 g/mol. The average Bonchev–Trinajstić information content (AvgIpc) is 2.69. The van der Waals surface area contributed by atoms with Crippen LogP contribution in [0.4, 0.5) is 16.2 Å². The summed E-state index contributed by atoms with van der Waals surface area (Å²) in [7, 11) is 1.51. The molecule has 154 valence electrons. The molecule has 29 heavy (non-hydrogen) atoms. The third-order valence-corrected chi connectivity index (χ3v) is 3.91. The molecule has 9 heteroatoms. The minimum atomic E-state index is -0.615. The van der Waals surface area contributed by atoms with Crippen molar-refractivity contribution in [3.8, 4) is 0 Å². The third kappa shape index (κ3) is 8.20. The molecule has 0 aliphatic heterocycles. The number of nitrogens with one attached hydrogen (secondary N) is 3. The normalized spacial score (nSPS) is 10.1. The maximum absolute atomic E-state index is 12.1. The first-order valence-electron chi connectivity index (χ1n) is 8.84. The molecule has 0 fully saturated rings. The maximum Gasteiger partial charge on any atom is 0.411 e. The predicted molar refractivity (Wildman–Crippen MR) is 110 cm³/mol. The average molecular weight is 420 g/mol. The van der Waals surface area contributed by atoms with Gasteiger partial charge in [0, 0.05) is 42.0 Å². The molecule has 0 aromatic heterocycles. The standard InChI is InChI=1S/C20H22ClN3O5/c1-28-11-12-29-20(27)24-17-4-2-3-16(13-17)23-18(25)9-10-22-19(26)14-5-7-15(21)8-6-14/h2-8,13H,9-12H2,1H3,(H,22,26)(H,23,25)(H,24,27). The van der Waals surface area contributed by atoms with Crippen molar-refractivity contribution in [2.24, 2.45) is 0 Å². The number of ether oxygens (including phenoxy) is 2. The first-order valence-corrected chi connectivity index (χ1v) is 9.22. The number of rotatable bonds is 9. The van der Waals surface area contributed by atoms with E-state index in [1.807, 2.05) is 0 Å². The number of hydrogen-bond acceptors (Lipinski definition) is 5. The van der Waals surface area contributed by atoms with E-state index in [4.69, 9.17) is 21.1 Å². The highest BCUT2D eigenvalue weighted by atomic mass is 35.5. The lowest BCUT2D eigenvalue weighted by Gasteiger charge is -2.10. The highest BCUT2D eigenvalue weighted by molar-refractivity contribution is 6.30. The number of methoxy groups -OCH3 is 1. The highest BCUT2D eigenvalue weighted by Crippen LogP contribution is 2.15. The fourth-order valence-corrected chi connectivity index (χ4v) is 2.39. The molecule has 2 aromatic carbocycles.